The first kappa shape index (κ1) is 15.0. The van der Waals surface area contributed by atoms with Crippen LogP contribution in [-0.2, 0) is 6.18 Å². The lowest BCUT2D eigenvalue weighted by molar-refractivity contribution is -0.144. The Morgan fingerprint density at radius 1 is 1.39 bits per heavy atom. The molecule has 3 nitrogen and oxygen atoms in total. The molecule has 1 unspecified atom stereocenters. The van der Waals surface area contributed by atoms with E-state index in [1.54, 1.807) is 11.9 Å². The zero-order chi connectivity index (χ0) is 13.9. The van der Waals surface area contributed by atoms with Crippen LogP contribution in [0.3, 0.4) is 0 Å². The van der Waals surface area contributed by atoms with Crippen LogP contribution in [0.1, 0.15) is 26.1 Å². The van der Waals surface area contributed by atoms with E-state index < -0.39 is 12.0 Å². The number of hydrogen-bond donors (Lipinski definition) is 0. The minimum absolute atomic E-state index is 0.183. The molecule has 0 N–H and O–H groups in total. The lowest BCUT2D eigenvalue weighted by Gasteiger charge is -2.22. The molecule has 18 heavy (non-hydrogen) atoms. The van der Waals surface area contributed by atoms with Gasteiger partial charge < -0.3 is 4.90 Å². The van der Waals surface area contributed by atoms with Crippen molar-refractivity contribution in [2.24, 2.45) is 5.92 Å². The Kier molecular flexibility index (Phi) is 4.78. The van der Waals surface area contributed by atoms with Gasteiger partial charge in [-0.1, -0.05) is 31.9 Å². The molecule has 0 aromatic carbocycles. The summed E-state index contributed by atoms with van der Waals surface area (Å²) in [5, 5.41) is -0.205. The lowest BCUT2D eigenvalue weighted by atomic mass is 10.1. The SMILES string of the molecule is CCC(C)CN(C)c1cc(Cl)nc(C(F)(F)F)n1. The molecule has 0 aliphatic rings. The van der Waals surface area contributed by atoms with E-state index in [9.17, 15) is 13.2 Å². The average molecular weight is 282 g/mol. The average Bonchev–Trinajstić information content (AvgIpc) is 2.26. The first-order chi connectivity index (χ1) is 8.24. The molecule has 0 amide bonds. The zero-order valence-corrected chi connectivity index (χ0v) is 11.2. The van der Waals surface area contributed by atoms with Crippen LogP contribution in [-0.4, -0.2) is 23.6 Å². The molecule has 0 saturated carbocycles. The lowest BCUT2D eigenvalue weighted by Crippen LogP contribution is -2.26. The number of nitrogens with zero attached hydrogens (tertiary/aromatic N) is 3. The summed E-state index contributed by atoms with van der Waals surface area (Å²) in [6.45, 7) is 4.65. The normalized spacial score (nSPS) is 13.5. The Morgan fingerprint density at radius 2 is 2.00 bits per heavy atom. The van der Waals surface area contributed by atoms with Gasteiger partial charge in [-0.05, 0) is 5.92 Å². The van der Waals surface area contributed by atoms with E-state index in [-0.39, 0.29) is 11.0 Å². The zero-order valence-electron chi connectivity index (χ0n) is 10.4. The van der Waals surface area contributed by atoms with Crippen molar-refractivity contribution < 1.29 is 13.2 Å². The second-order valence-electron chi connectivity index (χ2n) is 4.26. The summed E-state index contributed by atoms with van der Waals surface area (Å²) < 4.78 is 37.6. The summed E-state index contributed by atoms with van der Waals surface area (Å²) in [5.74, 6) is -0.665. The number of alkyl halides is 3. The quantitative estimate of drug-likeness (QED) is 0.789. The standard InChI is InChI=1S/C11H15ClF3N3/c1-4-7(2)6-18(3)9-5-8(12)16-10(17-9)11(13,14)15/h5,7H,4,6H2,1-3H3. The summed E-state index contributed by atoms with van der Waals surface area (Å²) in [6.07, 6.45) is -3.65. The molecule has 0 fully saturated rings. The third kappa shape index (κ3) is 4.01. The highest BCUT2D eigenvalue weighted by Gasteiger charge is 2.35. The molecule has 1 rings (SSSR count). The predicted octanol–water partition coefficient (Wildman–Crippen LogP) is 3.63. The molecule has 7 heteroatoms. The van der Waals surface area contributed by atoms with Gasteiger partial charge in [0.25, 0.3) is 0 Å². The van der Waals surface area contributed by atoms with Crippen molar-refractivity contribution in [2.45, 2.75) is 26.4 Å². The molecule has 0 spiro atoms. The molecular formula is C11H15ClF3N3. The largest absolute Gasteiger partial charge is 0.451 e. The summed E-state index contributed by atoms with van der Waals surface area (Å²) >= 11 is 5.59. The van der Waals surface area contributed by atoms with Crippen LogP contribution in [0.25, 0.3) is 0 Å². The van der Waals surface area contributed by atoms with Crippen molar-refractivity contribution in [3.8, 4) is 0 Å². The number of halogens is 4. The minimum atomic E-state index is -4.59. The molecule has 0 aliphatic carbocycles. The molecule has 1 aromatic heterocycles. The maximum Gasteiger partial charge on any atom is 0.451 e. The van der Waals surface area contributed by atoms with E-state index in [4.69, 9.17) is 11.6 Å². The predicted molar refractivity (Wildman–Crippen MR) is 64.8 cm³/mol. The minimum Gasteiger partial charge on any atom is -0.359 e. The van der Waals surface area contributed by atoms with Gasteiger partial charge in [-0.3, -0.25) is 0 Å². The molecule has 102 valence electrons. The molecular weight excluding hydrogens is 267 g/mol. The first-order valence-electron chi connectivity index (χ1n) is 5.57. The van der Waals surface area contributed by atoms with E-state index in [1.165, 1.54) is 6.07 Å². The van der Waals surface area contributed by atoms with Crippen LogP contribution in [0.4, 0.5) is 19.0 Å². The van der Waals surface area contributed by atoms with Crippen LogP contribution in [0.15, 0.2) is 6.07 Å². The van der Waals surface area contributed by atoms with Crippen molar-refractivity contribution in [1.29, 1.82) is 0 Å². The molecule has 0 saturated heterocycles. The van der Waals surface area contributed by atoms with Gasteiger partial charge in [0.1, 0.15) is 11.0 Å². The summed E-state index contributed by atoms with van der Waals surface area (Å²) in [6, 6.07) is 1.33. The van der Waals surface area contributed by atoms with Gasteiger partial charge in [0.15, 0.2) is 0 Å². The second-order valence-corrected chi connectivity index (χ2v) is 4.65. The summed E-state index contributed by atoms with van der Waals surface area (Å²) in [5.41, 5.74) is 0. The van der Waals surface area contributed by atoms with Gasteiger partial charge in [0.05, 0.1) is 0 Å². The monoisotopic (exact) mass is 281 g/mol. The fourth-order valence-electron chi connectivity index (χ4n) is 1.42. The van der Waals surface area contributed by atoms with Gasteiger partial charge in [-0.2, -0.15) is 13.2 Å². The maximum absolute atomic E-state index is 12.5. The number of rotatable bonds is 4. The first-order valence-corrected chi connectivity index (χ1v) is 5.94. The van der Waals surface area contributed by atoms with Gasteiger partial charge >= 0.3 is 6.18 Å². The number of aromatic nitrogens is 2. The molecule has 1 heterocycles. The van der Waals surface area contributed by atoms with Gasteiger partial charge in [0.2, 0.25) is 5.82 Å². The third-order valence-corrected chi connectivity index (χ3v) is 2.80. The van der Waals surface area contributed by atoms with Crippen LogP contribution in [0, 0.1) is 5.92 Å². The topological polar surface area (TPSA) is 29.0 Å². The highest BCUT2D eigenvalue weighted by Crippen LogP contribution is 2.29. The number of anilines is 1. The molecule has 0 radical (unpaired) electrons. The van der Waals surface area contributed by atoms with Crippen LogP contribution >= 0.6 is 11.6 Å². The highest BCUT2D eigenvalue weighted by atomic mass is 35.5. The maximum atomic E-state index is 12.5. The van der Waals surface area contributed by atoms with E-state index in [0.717, 1.165) is 6.42 Å². The molecule has 1 aromatic rings. The van der Waals surface area contributed by atoms with Crippen molar-refractivity contribution in [1.82, 2.24) is 9.97 Å². The molecule has 0 aliphatic heterocycles. The van der Waals surface area contributed by atoms with Crippen LogP contribution in [0.5, 0.6) is 0 Å². The Hall–Kier alpha value is -1.04. The number of hydrogen-bond acceptors (Lipinski definition) is 3. The van der Waals surface area contributed by atoms with Crippen molar-refractivity contribution in [3.63, 3.8) is 0 Å². The van der Waals surface area contributed by atoms with E-state index >= 15 is 0 Å². The van der Waals surface area contributed by atoms with Crippen molar-refractivity contribution in [3.05, 3.63) is 17.0 Å². The van der Waals surface area contributed by atoms with Crippen LogP contribution < -0.4 is 4.90 Å². The smallest absolute Gasteiger partial charge is 0.359 e. The Bertz CT molecular complexity index is 409. The second kappa shape index (κ2) is 5.73. The Morgan fingerprint density at radius 3 is 2.50 bits per heavy atom. The van der Waals surface area contributed by atoms with Crippen molar-refractivity contribution >= 4 is 17.4 Å². The van der Waals surface area contributed by atoms with E-state index in [2.05, 4.69) is 9.97 Å². The van der Waals surface area contributed by atoms with Gasteiger partial charge in [0, 0.05) is 19.7 Å². The highest BCUT2D eigenvalue weighted by molar-refractivity contribution is 6.29. The Labute approximate surface area is 109 Å². The fourth-order valence-corrected chi connectivity index (χ4v) is 1.60. The van der Waals surface area contributed by atoms with Gasteiger partial charge in [-0.15, -0.1) is 0 Å². The van der Waals surface area contributed by atoms with Crippen molar-refractivity contribution in [2.75, 3.05) is 18.5 Å². The van der Waals surface area contributed by atoms with E-state index in [0.29, 0.717) is 12.5 Å². The summed E-state index contributed by atoms with van der Waals surface area (Å²) in [4.78, 5) is 8.34. The molecule has 0 bridgehead atoms. The van der Waals surface area contributed by atoms with Crippen LogP contribution in [0.2, 0.25) is 5.15 Å². The fraction of sp³-hybridized carbons (Fsp3) is 0.636. The molecule has 1 atom stereocenters. The Balaban J connectivity index is 2.99. The van der Waals surface area contributed by atoms with Gasteiger partial charge in [-0.25, -0.2) is 9.97 Å². The van der Waals surface area contributed by atoms with E-state index in [1.807, 2.05) is 13.8 Å². The summed E-state index contributed by atoms with van der Waals surface area (Å²) in [7, 11) is 1.69. The third-order valence-electron chi connectivity index (χ3n) is 2.61.